The summed E-state index contributed by atoms with van der Waals surface area (Å²) < 4.78 is 2.15. The Morgan fingerprint density at radius 2 is 2.36 bits per heavy atom. The van der Waals surface area contributed by atoms with Gasteiger partial charge in [-0.25, -0.2) is 0 Å². The monoisotopic (exact) mass is 246 g/mol. The normalized spacial score (nSPS) is 10.6. The summed E-state index contributed by atoms with van der Waals surface area (Å²) in [5, 5.41) is 3.15. The highest BCUT2D eigenvalue weighted by atomic mass is 79.9. The number of hydrogen-bond donors (Lipinski definition) is 0. The molecule has 56 valence electrons. The third kappa shape index (κ3) is 1.06. The summed E-state index contributed by atoms with van der Waals surface area (Å²) in [6.07, 6.45) is 0.911. The first-order valence-corrected chi connectivity index (χ1v) is 5.42. The molecule has 2 aromatic heterocycles. The number of hydrogen-bond acceptors (Lipinski definition) is 3. The lowest BCUT2D eigenvalue weighted by Crippen LogP contribution is -1.64. The molecule has 11 heavy (non-hydrogen) atoms. The maximum absolute atomic E-state index is 10.5. The van der Waals surface area contributed by atoms with Crippen molar-refractivity contribution in [1.82, 2.24) is 0 Å². The van der Waals surface area contributed by atoms with Crippen LogP contribution in [-0.2, 0) is 0 Å². The van der Waals surface area contributed by atoms with Crippen LogP contribution < -0.4 is 0 Å². The maximum Gasteiger partial charge on any atom is 0.161 e. The Labute approximate surface area is 79.8 Å². The number of fused-ring (bicyclic) bond motifs is 1. The van der Waals surface area contributed by atoms with Crippen LogP contribution in [-0.4, -0.2) is 6.29 Å². The van der Waals surface area contributed by atoms with Crippen LogP contribution in [0.4, 0.5) is 0 Å². The molecule has 0 bridgehead atoms. The van der Waals surface area contributed by atoms with Crippen LogP contribution in [0.1, 0.15) is 9.67 Å². The molecule has 0 aliphatic rings. The molecule has 0 radical (unpaired) electrons. The van der Waals surface area contributed by atoms with E-state index in [0.717, 1.165) is 25.0 Å². The van der Waals surface area contributed by atoms with Gasteiger partial charge in [0, 0.05) is 5.39 Å². The summed E-state index contributed by atoms with van der Waals surface area (Å²) in [5.74, 6) is 0. The van der Waals surface area contributed by atoms with Gasteiger partial charge in [0.05, 0.1) is 13.4 Å². The Hall–Kier alpha value is -0.190. The van der Waals surface area contributed by atoms with Crippen LogP contribution in [0.25, 0.3) is 10.1 Å². The molecule has 2 rings (SSSR count). The predicted molar refractivity (Wildman–Crippen MR) is 52.8 cm³/mol. The van der Waals surface area contributed by atoms with Crippen molar-refractivity contribution in [2.24, 2.45) is 0 Å². The van der Waals surface area contributed by atoms with Gasteiger partial charge in [0.1, 0.15) is 0 Å². The largest absolute Gasteiger partial charge is 0.297 e. The standard InChI is InChI=1S/C7H3BrOS2/c8-7-4-1-2-10-6(4)5(3-9)11-7/h1-3H. The zero-order chi connectivity index (χ0) is 7.84. The predicted octanol–water partition coefficient (Wildman–Crippen LogP) is 3.54. The van der Waals surface area contributed by atoms with Crippen LogP contribution in [0.15, 0.2) is 15.2 Å². The molecule has 0 unspecified atom stereocenters. The molecule has 2 heterocycles. The molecule has 4 heteroatoms. The second-order valence-electron chi connectivity index (χ2n) is 2.02. The van der Waals surface area contributed by atoms with Gasteiger partial charge in [-0.1, -0.05) is 0 Å². The summed E-state index contributed by atoms with van der Waals surface area (Å²) in [4.78, 5) is 11.3. The SMILES string of the molecule is O=Cc1sc(Br)c2ccsc12. The Morgan fingerprint density at radius 1 is 1.55 bits per heavy atom. The van der Waals surface area contributed by atoms with E-state index in [1.165, 1.54) is 11.3 Å². The van der Waals surface area contributed by atoms with Crippen LogP contribution in [0.3, 0.4) is 0 Å². The van der Waals surface area contributed by atoms with E-state index in [4.69, 9.17) is 0 Å². The number of rotatable bonds is 1. The van der Waals surface area contributed by atoms with Crippen molar-refractivity contribution in [3.63, 3.8) is 0 Å². The van der Waals surface area contributed by atoms with Crippen LogP contribution >= 0.6 is 38.6 Å². The number of carbonyl (C=O) groups is 1. The summed E-state index contributed by atoms with van der Waals surface area (Å²) >= 11 is 6.51. The fourth-order valence-corrected chi connectivity index (χ4v) is 3.77. The minimum atomic E-state index is 0.821. The van der Waals surface area contributed by atoms with Gasteiger partial charge in [-0.05, 0) is 27.4 Å². The van der Waals surface area contributed by atoms with E-state index in [2.05, 4.69) is 15.9 Å². The quantitative estimate of drug-likeness (QED) is 0.704. The number of thiophene rings is 2. The van der Waals surface area contributed by atoms with Crippen LogP contribution in [0.5, 0.6) is 0 Å². The minimum Gasteiger partial charge on any atom is -0.297 e. The van der Waals surface area contributed by atoms with E-state index in [-0.39, 0.29) is 0 Å². The minimum absolute atomic E-state index is 0.821. The topological polar surface area (TPSA) is 17.1 Å². The number of carbonyl (C=O) groups excluding carboxylic acids is 1. The molecule has 0 aromatic carbocycles. The highest BCUT2D eigenvalue weighted by Crippen LogP contribution is 2.37. The molecule has 0 aliphatic carbocycles. The van der Waals surface area contributed by atoms with Crippen molar-refractivity contribution in [3.8, 4) is 0 Å². The van der Waals surface area contributed by atoms with Gasteiger partial charge in [0.25, 0.3) is 0 Å². The Bertz CT molecular complexity index is 401. The van der Waals surface area contributed by atoms with E-state index in [9.17, 15) is 4.79 Å². The van der Waals surface area contributed by atoms with Crippen LogP contribution in [0.2, 0.25) is 0 Å². The molecule has 2 aromatic rings. The Balaban J connectivity index is 2.90. The molecule has 0 atom stereocenters. The lowest BCUT2D eigenvalue weighted by Gasteiger charge is -1.74. The third-order valence-electron chi connectivity index (χ3n) is 1.41. The number of halogens is 1. The van der Waals surface area contributed by atoms with Crippen molar-refractivity contribution >= 4 is 55.0 Å². The first-order valence-electron chi connectivity index (χ1n) is 2.93. The molecule has 0 saturated carbocycles. The smallest absolute Gasteiger partial charge is 0.161 e. The van der Waals surface area contributed by atoms with Gasteiger partial charge >= 0.3 is 0 Å². The van der Waals surface area contributed by atoms with Gasteiger partial charge in [0.2, 0.25) is 0 Å². The lowest BCUT2D eigenvalue weighted by atomic mass is 10.4. The van der Waals surface area contributed by atoms with Crippen LogP contribution in [0, 0.1) is 0 Å². The Kier molecular flexibility index (Phi) is 1.83. The van der Waals surface area contributed by atoms with E-state index in [0.29, 0.717) is 0 Å². The Morgan fingerprint density at radius 3 is 3.09 bits per heavy atom. The van der Waals surface area contributed by atoms with Gasteiger partial charge < -0.3 is 0 Å². The summed E-state index contributed by atoms with van der Waals surface area (Å²) in [6, 6.07) is 2.02. The zero-order valence-electron chi connectivity index (χ0n) is 5.33. The van der Waals surface area contributed by atoms with Gasteiger partial charge in [-0.2, -0.15) is 0 Å². The average molecular weight is 247 g/mol. The zero-order valence-corrected chi connectivity index (χ0v) is 8.55. The van der Waals surface area contributed by atoms with Crippen molar-refractivity contribution in [2.45, 2.75) is 0 Å². The second kappa shape index (κ2) is 2.69. The second-order valence-corrected chi connectivity index (χ2v) is 5.31. The highest BCUT2D eigenvalue weighted by molar-refractivity contribution is 9.11. The van der Waals surface area contributed by atoms with Crippen molar-refractivity contribution in [2.75, 3.05) is 0 Å². The van der Waals surface area contributed by atoms with E-state index < -0.39 is 0 Å². The summed E-state index contributed by atoms with van der Waals surface area (Å²) in [6.45, 7) is 0. The summed E-state index contributed by atoms with van der Waals surface area (Å²) in [5.41, 5.74) is 0. The molecule has 0 fully saturated rings. The molecule has 0 saturated heterocycles. The fraction of sp³-hybridized carbons (Fsp3) is 0. The van der Waals surface area contributed by atoms with Gasteiger partial charge in [-0.3, -0.25) is 4.79 Å². The molecule has 0 amide bonds. The molecule has 1 nitrogen and oxygen atoms in total. The van der Waals surface area contributed by atoms with E-state index in [1.807, 2.05) is 11.4 Å². The van der Waals surface area contributed by atoms with Crippen molar-refractivity contribution in [3.05, 3.63) is 20.1 Å². The molecular weight excluding hydrogens is 244 g/mol. The van der Waals surface area contributed by atoms with Crippen molar-refractivity contribution < 1.29 is 4.79 Å². The molecule has 0 N–H and O–H groups in total. The summed E-state index contributed by atoms with van der Waals surface area (Å²) in [7, 11) is 0. The van der Waals surface area contributed by atoms with Gasteiger partial charge in [-0.15, -0.1) is 22.7 Å². The third-order valence-corrected chi connectivity index (χ3v) is 4.32. The maximum atomic E-state index is 10.5. The lowest BCUT2D eigenvalue weighted by molar-refractivity contribution is 0.112. The highest BCUT2D eigenvalue weighted by Gasteiger charge is 2.08. The van der Waals surface area contributed by atoms with E-state index >= 15 is 0 Å². The first-order chi connectivity index (χ1) is 5.33. The fourth-order valence-electron chi connectivity index (χ4n) is 0.930. The molecule has 0 aliphatic heterocycles. The number of aldehydes is 1. The van der Waals surface area contributed by atoms with Crippen molar-refractivity contribution in [1.29, 1.82) is 0 Å². The molecule has 0 spiro atoms. The van der Waals surface area contributed by atoms with E-state index in [1.54, 1.807) is 11.3 Å². The van der Waals surface area contributed by atoms with Gasteiger partial charge in [0.15, 0.2) is 6.29 Å². The average Bonchev–Trinajstić information content (AvgIpc) is 2.54. The molecular formula is C7H3BrOS2. The first kappa shape index (κ1) is 7.46.